The maximum atomic E-state index is 12.1. The van der Waals surface area contributed by atoms with E-state index in [0.717, 1.165) is 5.76 Å². The zero-order valence-corrected chi connectivity index (χ0v) is 13.9. The van der Waals surface area contributed by atoms with Gasteiger partial charge in [-0.15, -0.1) is 0 Å². The molecule has 23 heavy (non-hydrogen) atoms. The molecule has 0 bridgehead atoms. The van der Waals surface area contributed by atoms with Gasteiger partial charge in [0.15, 0.2) is 0 Å². The second-order valence-corrected chi connectivity index (χ2v) is 5.88. The first-order chi connectivity index (χ1) is 10.9. The fourth-order valence-corrected chi connectivity index (χ4v) is 2.59. The van der Waals surface area contributed by atoms with Crippen molar-refractivity contribution in [1.29, 1.82) is 0 Å². The van der Waals surface area contributed by atoms with Crippen molar-refractivity contribution >= 4 is 17.9 Å². The molecule has 0 aromatic carbocycles. The van der Waals surface area contributed by atoms with Crippen LogP contribution in [0, 0.1) is 6.92 Å². The van der Waals surface area contributed by atoms with Gasteiger partial charge in [0, 0.05) is 32.1 Å². The summed E-state index contributed by atoms with van der Waals surface area (Å²) in [5, 5.41) is 2.71. The van der Waals surface area contributed by atoms with Gasteiger partial charge in [-0.25, -0.2) is 0 Å². The summed E-state index contributed by atoms with van der Waals surface area (Å²) in [4.78, 5) is 25.6. The Bertz CT molecular complexity index is 569. The van der Waals surface area contributed by atoms with Gasteiger partial charge in [0.2, 0.25) is 11.8 Å². The predicted octanol–water partition coefficient (Wildman–Crippen LogP) is 1.74. The summed E-state index contributed by atoms with van der Waals surface area (Å²) < 4.78 is 10.9. The van der Waals surface area contributed by atoms with Gasteiger partial charge in [0.1, 0.15) is 11.5 Å². The lowest BCUT2D eigenvalue weighted by Crippen LogP contribution is -2.48. The van der Waals surface area contributed by atoms with Crippen molar-refractivity contribution < 1.29 is 18.7 Å². The highest BCUT2D eigenvalue weighted by Gasteiger charge is 2.25. The minimum atomic E-state index is -0.240. The molecule has 1 aliphatic heterocycles. The van der Waals surface area contributed by atoms with Crippen molar-refractivity contribution in [2.24, 2.45) is 0 Å². The molecule has 2 rings (SSSR count). The molecule has 1 saturated heterocycles. The van der Waals surface area contributed by atoms with Gasteiger partial charge in [-0.2, -0.15) is 0 Å². The SMILES string of the molecule is Cc1ccc(/C=C/C(=O)NCCC(=O)N2C[C@@H](C)O[C@@H](C)C2)o1. The third kappa shape index (κ3) is 5.56. The fourth-order valence-electron chi connectivity index (χ4n) is 2.59. The van der Waals surface area contributed by atoms with Gasteiger partial charge in [0.05, 0.1) is 12.2 Å². The van der Waals surface area contributed by atoms with Crippen LogP contribution in [-0.4, -0.2) is 48.6 Å². The van der Waals surface area contributed by atoms with Crippen LogP contribution >= 0.6 is 0 Å². The summed E-state index contributed by atoms with van der Waals surface area (Å²) in [6.45, 7) is 7.29. The lowest BCUT2D eigenvalue weighted by molar-refractivity contribution is -0.143. The first kappa shape index (κ1) is 17.3. The molecule has 0 spiro atoms. The number of ether oxygens (including phenoxy) is 1. The van der Waals surface area contributed by atoms with Crippen molar-refractivity contribution in [3.05, 3.63) is 29.7 Å². The highest BCUT2D eigenvalue weighted by atomic mass is 16.5. The number of carbonyl (C=O) groups is 2. The zero-order chi connectivity index (χ0) is 16.8. The average molecular weight is 320 g/mol. The Balaban J connectivity index is 1.70. The van der Waals surface area contributed by atoms with Crippen LogP contribution in [0.4, 0.5) is 0 Å². The van der Waals surface area contributed by atoms with Crippen LogP contribution in [0.25, 0.3) is 6.08 Å². The van der Waals surface area contributed by atoms with Crippen molar-refractivity contribution in [3.8, 4) is 0 Å². The summed E-state index contributed by atoms with van der Waals surface area (Å²) in [7, 11) is 0. The lowest BCUT2D eigenvalue weighted by atomic mass is 10.2. The molecular weight excluding hydrogens is 296 g/mol. The van der Waals surface area contributed by atoms with E-state index >= 15 is 0 Å². The number of nitrogens with zero attached hydrogens (tertiary/aromatic N) is 1. The van der Waals surface area contributed by atoms with Crippen LogP contribution in [0.1, 0.15) is 31.8 Å². The van der Waals surface area contributed by atoms with Gasteiger partial charge >= 0.3 is 0 Å². The molecule has 2 heterocycles. The van der Waals surface area contributed by atoms with Gasteiger partial charge in [-0.3, -0.25) is 9.59 Å². The van der Waals surface area contributed by atoms with E-state index in [1.54, 1.807) is 17.0 Å². The van der Waals surface area contributed by atoms with Crippen LogP contribution in [-0.2, 0) is 14.3 Å². The van der Waals surface area contributed by atoms with Crippen molar-refractivity contribution in [2.45, 2.75) is 39.4 Å². The number of hydrogen-bond acceptors (Lipinski definition) is 4. The van der Waals surface area contributed by atoms with Gasteiger partial charge in [-0.1, -0.05) is 0 Å². The molecule has 1 aromatic rings. The molecule has 0 unspecified atom stereocenters. The molecule has 6 heteroatoms. The maximum Gasteiger partial charge on any atom is 0.244 e. The van der Waals surface area contributed by atoms with E-state index in [1.165, 1.54) is 6.08 Å². The van der Waals surface area contributed by atoms with Gasteiger partial charge in [-0.05, 0) is 39.0 Å². The maximum absolute atomic E-state index is 12.1. The van der Waals surface area contributed by atoms with Crippen molar-refractivity contribution in [2.75, 3.05) is 19.6 Å². The second-order valence-electron chi connectivity index (χ2n) is 5.88. The lowest BCUT2D eigenvalue weighted by Gasteiger charge is -2.35. The van der Waals surface area contributed by atoms with E-state index in [9.17, 15) is 9.59 Å². The normalized spacial score (nSPS) is 21.6. The number of nitrogens with one attached hydrogen (secondary N) is 1. The Kier molecular flexibility index (Phi) is 5.98. The molecule has 0 aliphatic carbocycles. The molecular formula is C17H24N2O4. The smallest absolute Gasteiger partial charge is 0.244 e. The number of rotatable bonds is 5. The summed E-state index contributed by atoms with van der Waals surface area (Å²) in [5.41, 5.74) is 0. The Morgan fingerprint density at radius 1 is 1.30 bits per heavy atom. The van der Waals surface area contributed by atoms with Crippen molar-refractivity contribution in [1.82, 2.24) is 10.2 Å². The molecule has 126 valence electrons. The fraction of sp³-hybridized carbons (Fsp3) is 0.529. The topological polar surface area (TPSA) is 71.8 Å². The number of amides is 2. The Labute approximate surface area is 136 Å². The Morgan fingerprint density at radius 3 is 2.61 bits per heavy atom. The van der Waals surface area contributed by atoms with E-state index in [-0.39, 0.29) is 24.0 Å². The van der Waals surface area contributed by atoms with Gasteiger partial charge < -0.3 is 19.4 Å². The second kappa shape index (κ2) is 7.97. The molecule has 0 radical (unpaired) electrons. The number of morpholine rings is 1. The summed E-state index contributed by atoms with van der Waals surface area (Å²) in [5.74, 6) is 1.23. The molecule has 2 atom stereocenters. The number of furan rings is 1. The first-order valence-corrected chi connectivity index (χ1v) is 7.89. The minimum Gasteiger partial charge on any atom is -0.462 e. The minimum absolute atomic E-state index is 0.0398. The summed E-state index contributed by atoms with van der Waals surface area (Å²) >= 11 is 0. The highest BCUT2D eigenvalue weighted by Crippen LogP contribution is 2.11. The van der Waals surface area contributed by atoms with Gasteiger partial charge in [0.25, 0.3) is 0 Å². The van der Waals surface area contributed by atoms with Crippen molar-refractivity contribution in [3.63, 3.8) is 0 Å². The highest BCUT2D eigenvalue weighted by molar-refractivity contribution is 5.91. The van der Waals surface area contributed by atoms with Crippen LogP contribution in [0.5, 0.6) is 0 Å². The van der Waals surface area contributed by atoms with Crippen LogP contribution < -0.4 is 5.32 Å². The standard InChI is InChI=1S/C17H24N2O4/c1-12-4-5-15(23-12)6-7-16(20)18-9-8-17(21)19-10-13(2)22-14(3)11-19/h4-7,13-14H,8-11H2,1-3H3,(H,18,20)/b7-6+/t13-,14+. The third-order valence-corrected chi connectivity index (χ3v) is 3.57. The largest absolute Gasteiger partial charge is 0.462 e. The molecule has 2 amide bonds. The number of hydrogen-bond donors (Lipinski definition) is 1. The van der Waals surface area contributed by atoms with Crippen LogP contribution in [0.3, 0.4) is 0 Å². The first-order valence-electron chi connectivity index (χ1n) is 7.89. The van der Waals surface area contributed by atoms with Crippen LogP contribution in [0.15, 0.2) is 22.6 Å². The number of carbonyl (C=O) groups excluding carboxylic acids is 2. The third-order valence-electron chi connectivity index (χ3n) is 3.57. The molecule has 1 aromatic heterocycles. The summed E-state index contributed by atoms with van der Waals surface area (Å²) in [6, 6.07) is 3.63. The Morgan fingerprint density at radius 2 is 2.00 bits per heavy atom. The molecule has 1 fully saturated rings. The van der Waals surface area contributed by atoms with E-state index in [0.29, 0.717) is 31.8 Å². The predicted molar refractivity (Wildman–Crippen MR) is 86.7 cm³/mol. The quantitative estimate of drug-likeness (QED) is 0.839. The van der Waals surface area contributed by atoms with Crippen LogP contribution in [0.2, 0.25) is 0 Å². The van der Waals surface area contributed by atoms with E-state index in [2.05, 4.69) is 5.32 Å². The Hall–Kier alpha value is -2.08. The zero-order valence-electron chi connectivity index (χ0n) is 13.9. The molecule has 6 nitrogen and oxygen atoms in total. The molecule has 1 aliphatic rings. The number of aryl methyl sites for hydroxylation is 1. The van der Waals surface area contributed by atoms with E-state index in [1.807, 2.05) is 26.8 Å². The molecule has 1 N–H and O–H groups in total. The van der Waals surface area contributed by atoms with E-state index in [4.69, 9.17) is 9.15 Å². The monoisotopic (exact) mass is 320 g/mol. The van der Waals surface area contributed by atoms with E-state index < -0.39 is 0 Å². The molecule has 0 saturated carbocycles. The summed E-state index contributed by atoms with van der Waals surface area (Å²) in [6.07, 6.45) is 3.41. The average Bonchev–Trinajstić information content (AvgIpc) is 2.89.